The molecule has 0 amide bonds. The number of hydrogen-bond donors (Lipinski definition) is 1. The molecule has 0 saturated heterocycles. The molecule has 0 unspecified atom stereocenters. The Morgan fingerprint density at radius 1 is 0.821 bits per heavy atom. The zero-order valence-electron chi connectivity index (χ0n) is 24.2. The minimum Gasteiger partial charge on any atom is -0.461 e. The van der Waals surface area contributed by atoms with E-state index in [0.717, 1.165) is 0 Å². The molecule has 1 aromatic rings. The third-order valence-corrected chi connectivity index (χ3v) is 5.43. The lowest BCUT2D eigenvalue weighted by Gasteiger charge is -2.22. The van der Waals surface area contributed by atoms with E-state index in [1.54, 1.807) is 26.8 Å². The number of rotatable bonds is 14. The van der Waals surface area contributed by atoms with Crippen LogP contribution in [-0.4, -0.2) is 56.2 Å². The van der Waals surface area contributed by atoms with Gasteiger partial charge in [-0.25, -0.2) is 9.59 Å². The molecule has 0 spiro atoms. The maximum atomic E-state index is 12.5. The Bertz CT molecular complexity index is 973. The highest BCUT2D eigenvalue weighted by Gasteiger charge is 2.28. The number of nitrogens with two attached hydrogens (primary N) is 1. The lowest BCUT2D eigenvalue weighted by molar-refractivity contribution is -0.164. The molecule has 0 aliphatic heterocycles. The summed E-state index contributed by atoms with van der Waals surface area (Å²) < 4.78 is 31.1. The molecule has 1 rings (SSSR count). The van der Waals surface area contributed by atoms with Crippen LogP contribution in [0, 0.1) is 17.3 Å². The van der Waals surface area contributed by atoms with Crippen LogP contribution in [0.5, 0.6) is 11.5 Å². The van der Waals surface area contributed by atoms with E-state index in [0.29, 0.717) is 12.0 Å². The number of esters is 2. The van der Waals surface area contributed by atoms with E-state index in [1.807, 2.05) is 34.6 Å². The van der Waals surface area contributed by atoms with E-state index < -0.39 is 35.8 Å². The van der Waals surface area contributed by atoms with Crippen molar-refractivity contribution in [2.45, 2.75) is 80.4 Å². The topological polar surface area (TPSA) is 150 Å². The summed E-state index contributed by atoms with van der Waals surface area (Å²) in [7, 11) is 0. The molecule has 2 atom stereocenters. The van der Waals surface area contributed by atoms with E-state index in [-0.39, 0.29) is 55.5 Å². The van der Waals surface area contributed by atoms with Gasteiger partial charge < -0.3 is 34.2 Å². The smallest absolute Gasteiger partial charge is 0.461 e. The van der Waals surface area contributed by atoms with Gasteiger partial charge in [-0.1, -0.05) is 40.7 Å². The normalized spacial score (nSPS) is 12.9. The molecule has 1 aromatic carbocycles. The Balaban J connectivity index is 2.89. The number of carbonyl (C=O) groups excluding carboxylic acids is 4. The van der Waals surface area contributed by atoms with Gasteiger partial charge in [0.05, 0.1) is 18.6 Å². The van der Waals surface area contributed by atoms with Crippen LogP contribution in [0.2, 0.25) is 0 Å². The molecule has 0 saturated carbocycles. The summed E-state index contributed by atoms with van der Waals surface area (Å²) in [6.45, 7) is 14.7. The first-order valence-corrected chi connectivity index (χ1v) is 13.1. The molecule has 0 aliphatic carbocycles. The lowest BCUT2D eigenvalue weighted by atomic mass is 9.91. The van der Waals surface area contributed by atoms with Gasteiger partial charge in [-0.05, 0) is 63.1 Å². The molecule has 11 heteroatoms. The Morgan fingerprint density at radius 3 is 1.87 bits per heavy atom. The maximum absolute atomic E-state index is 12.5. The molecule has 0 bridgehead atoms. The van der Waals surface area contributed by atoms with Gasteiger partial charge in [0, 0.05) is 0 Å². The van der Waals surface area contributed by atoms with Crippen LogP contribution in [0.15, 0.2) is 18.2 Å². The summed E-state index contributed by atoms with van der Waals surface area (Å²) in [6, 6.07) is 3.29. The van der Waals surface area contributed by atoms with Crippen molar-refractivity contribution in [2.75, 3.05) is 19.8 Å². The molecular formula is C28H43NO10. The molecule has 11 nitrogen and oxygen atoms in total. The second-order valence-corrected chi connectivity index (χ2v) is 10.8. The van der Waals surface area contributed by atoms with Crippen molar-refractivity contribution in [2.24, 2.45) is 23.0 Å². The third kappa shape index (κ3) is 12.8. The second kappa shape index (κ2) is 15.9. The van der Waals surface area contributed by atoms with Crippen LogP contribution in [-0.2, 0) is 35.0 Å². The SMILES string of the molecule is CCC(C)(C)C(=O)OC[C@H](C)OC(=O)[C@@H](N)Cc1ccc(OC(=O)OCC(C)C)c(OC(=O)OCC(C)C)c1. The molecular weight excluding hydrogens is 510 g/mol. The van der Waals surface area contributed by atoms with Crippen molar-refractivity contribution in [3.05, 3.63) is 23.8 Å². The maximum Gasteiger partial charge on any atom is 0.513 e. The lowest BCUT2D eigenvalue weighted by Crippen LogP contribution is -2.38. The van der Waals surface area contributed by atoms with Gasteiger partial charge in [0.1, 0.15) is 18.8 Å². The van der Waals surface area contributed by atoms with E-state index in [4.69, 9.17) is 34.2 Å². The van der Waals surface area contributed by atoms with Crippen LogP contribution in [0.25, 0.3) is 0 Å². The van der Waals surface area contributed by atoms with E-state index >= 15 is 0 Å². The fourth-order valence-corrected chi connectivity index (χ4v) is 2.74. The van der Waals surface area contributed by atoms with E-state index in [9.17, 15) is 19.2 Å². The highest BCUT2D eigenvalue weighted by molar-refractivity contribution is 5.77. The van der Waals surface area contributed by atoms with Crippen LogP contribution >= 0.6 is 0 Å². The standard InChI is InChI=1S/C28H43NO10/c1-9-28(7,8)25(31)34-16-19(6)37-24(30)21(29)12-20-10-11-22(38-26(32)35-14-17(2)3)23(13-20)39-27(33)36-15-18(4)5/h10-11,13,17-19,21H,9,12,14-16,29H2,1-8H3/t19-,21-/m0/s1. The zero-order chi connectivity index (χ0) is 29.8. The quantitative estimate of drug-likeness (QED) is 0.192. The van der Waals surface area contributed by atoms with Crippen molar-refractivity contribution in [1.29, 1.82) is 0 Å². The zero-order valence-corrected chi connectivity index (χ0v) is 24.2. The summed E-state index contributed by atoms with van der Waals surface area (Å²) in [5.41, 5.74) is 5.90. The molecule has 0 fully saturated rings. The van der Waals surface area contributed by atoms with Crippen molar-refractivity contribution in [3.8, 4) is 11.5 Å². The average molecular weight is 554 g/mol. The van der Waals surface area contributed by atoms with Crippen molar-refractivity contribution < 1.29 is 47.6 Å². The largest absolute Gasteiger partial charge is 0.513 e. The molecule has 0 aliphatic rings. The highest BCUT2D eigenvalue weighted by Crippen LogP contribution is 2.30. The van der Waals surface area contributed by atoms with Crippen molar-refractivity contribution >= 4 is 24.2 Å². The van der Waals surface area contributed by atoms with E-state index in [1.165, 1.54) is 12.1 Å². The Kier molecular flexibility index (Phi) is 13.8. The van der Waals surface area contributed by atoms with Gasteiger partial charge in [-0.15, -0.1) is 0 Å². The van der Waals surface area contributed by atoms with Gasteiger partial charge in [0.15, 0.2) is 11.5 Å². The summed E-state index contributed by atoms with van der Waals surface area (Å²) in [5, 5.41) is 0. The minimum atomic E-state index is -1.07. The van der Waals surface area contributed by atoms with Crippen LogP contribution in [0.1, 0.15) is 67.4 Å². The molecule has 0 heterocycles. The first-order valence-electron chi connectivity index (χ1n) is 13.1. The van der Waals surface area contributed by atoms with Gasteiger partial charge in [0.25, 0.3) is 0 Å². The number of benzene rings is 1. The highest BCUT2D eigenvalue weighted by atomic mass is 16.7. The fraction of sp³-hybridized carbons (Fsp3) is 0.643. The summed E-state index contributed by atoms with van der Waals surface area (Å²) in [6.07, 6.45) is -2.03. The van der Waals surface area contributed by atoms with Crippen LogP contribution in [0.4, 0.5) is 9.59 Å². The summed E-state index contributed by atoms with van der Waals surface area (Å²) in [5.74, 6) is -1.09. The summed E-state index contributed by atoms with van der Waals surface area (Å²) in [4.78, 5) is 48.9. The second-order valence-electron chi connectivity index (χ2n) is 10.8. The number of hydrogen-bond acceptors (Lipinski definition) is 11. The predicted molar refractivity (Wildman–Crippen MR) is 142 cm³/mol. The van der Waals surface area contributed by atoms with Gasteiger partial charge in [-0.2, -0.15) is 0 Å². The number of ether oxygens (including phenoxy) is 6. The minimum absolute atomic E-state index is 0.0175. The van der Waals surface area contributed by atoms with E-state index in [2.05, 4.69) is 0 Å². The molecule has 39 heavy (non-hydrogen) atoms. The monoisotopic (exact) mass is 553 g/mol. The van der Waals surface area contributed by atoms with Gasteiger partial charge in [-0.3, -0.25) is 9.59 Å². The Hall–Kier alpha value is -3.34. The number of carbonyl (C=O) groups is 4. The van der Waals surface area contributed by atoms with Crippen LogP contribution in [0.3, 0.4) is 0 Å². The van der Waals surface area contributed by atoms with Crippen LogP contribution < -0.4 is 15.2 Å². The first-order chi connectivity index (χ1) is 18.1. The van der Waals surface area contributed by atoms with Gasteiger partial charge >= 0.3 is 24.2 Å². The first kappa shape index (κ1) is 33.7. The van der Waals surface area contributed by atoms with Crippen molar-refractivity contribution in [3.63, 3.8) is 0 Å². The Labute approximate surface area is 230 Å². The van der Waals surface area contributed by atoms with Crippen molar-refractivity contribution in [1.82, 2.24) is 0 Å². The third-order valence-electron chi connectivity index (χ3n) is 5.43. The molecule has 2 N–H and O–H groups in total. The molecule has 220 valence electrons. The predicted octanol–water partition coefficient (Wildman–Crippen LogP) is 4.81. The summed E-state index contributed by atoms with van der Waals surface area (Å²) >= 11 is 0. The fourth-order valence-electron chi connectivity index (χ4n) is 2.74. The Morgan fingerprint density at radius 2 is 1.36 bits per heavy atom. The molecule has 0 aromatic heterocycles. The van der Waals surface area contributed by atoms with Gasteiger partial charge in [0.2, 0.25) is 0 Å². The molecule has 0 radical (unpaired) electrons. The average Bonchev–Trinajstić information content (AvgIpc) is 2.86.